The van der Waals surface area contributed by atoms with Crippen molar-refractivity contribution in [2.45, 2.75) is 38.4 Å². The van der Waals surface area contributed by atoms with E-state index in [-0.39, 0.29) is 35.7 Å². The lowest BCUT2D eigenvalue weighted by atomic mass is 9.81. The Balaban J connectivity index is 1.53. The van der Waals surface area contributed by atoms with Gasteiger partial charge in [0.2, 0.25) is 0 Å². The van der Waals surface area contributed by atoms with Gasteiger partial charge in [-0.3, -0.25) is 4.79 Å². The summed E-state index contributed by atoms with van der Waals surface area (Å²) in [6, 6.07) is 12.8. The molecule has 0 bridgehead atoms. The molecule has 1 saturated heterocycles. The van der Waals surface area contributed by atoms with Gasteiger partial charge in [-0.15, -0.1) is 0 Å². The third-order valence-electron chi connectivity index (χ3n) is 5.80. The van der Waals surface area contributed by atoms with Crippen molar-refractivity contribution in [2.24, 2.45) is 5.92 Å². The van der Waals surface area contributed by atoms with Crippen LogP contribution in [0.1, 0.15) is 37.2 Å². The quantitative estimate of drug-likeness (QED) is 0.582. The number of amides is 1. The van der Waals surface area contributed by atoms with E-state index < -0.39 is 11.7 Å². The largest absolute Gasteiger partial charge is 0.486 e. The van der Waals surface area contributed by atoms with Gasteiger partial charge >= 0.3 is 0 Å². The lowest BCUT2D eigenvalue weighted by Crippen LogP contribution is -2.59. The molecule has 3 aromatic rings. The highest BCUT2D eigenvalue weighted by Crippen LogP contribution is 2.33. The van der Waals surface area contributed by atoms with E-state index in [1.165, 1.54) is 42.5 Å². The van der Waals surface area contributed by atoms with Crippen LogP contribution in [0.15, 0.2) is 59.1 Å². The zero-order chi connectivity index (χ0) is 23.6. The van der Waals surface area contributed by atoms with E-state index >= 15 is 0 Å². The topological polar surface area (TPSA) is 75.8 Å². The minimum absolute atomic E-state index is 0.115. The van der Waals surface area contributed by atoms with E-state index in [0.717, 1.165) is 0 Å². The van der Waals surface area contributed by atoms with E-state index in [1.807, 2.05) is 13.8 Å². The Morgan fingerprint density at radius 1 is 1.18 bits per heavy atom. The monoisotopic (exact) mass is 456 g/mol. The van der Waals surface area contributed by atoms with Crippen molar-refractivity contribution in [3.05, 3.63) is 71.9 Å². The molecule has 33 heavy (non-hydrogen) atoms. The van der Waals surface area contributed by atoms with Crippen LogP contribution in [0.2, 0.25) is 0 Å². The van der Waals surface area contributed by atoms with Crippen LogP contribution in [0.25, 0.3) is 11.3 Å². The van der Waals surface area contributed by atoms with Gasteiger partial charge in [0, 0.05) is 18.2 Å². The molecule has 1 aromatic heterocycles. The molecule has 4 rings (SSSR count). The Hall–Kier alpha value is -3.26. The normalized spacial score (nSPS) is 20.8. The summed E-state index contributed by atoms with van der Waals surface area (Å²) in [6.07, 6.45) is 0.122. The Bertz CT molecular complexity index is 1100. The molecule has 8 heteroatoms. The minimum atomic E-state index is -1.14. The van der Waals surface area contributed by atoms with Crippen molar-refractivity contribution in [1.29, 1.82) is 0 Å². The fraction of sp³-hybridized carbons (Fsp3) is 0.360. The summed E-state index contributed by atoms with van der Waals surface area (Å²) in [5.41, 5.74) is -0.419. The number of carbonyl (C=O) groups excluding carboxylic acids is 1. The van der Waals surface area contributed by atoms with Gasteiger partial charge in [-0.1, -0.05) is 19.0 Å². The SMILES string of the molecule is CC(C)C[C@]1(O)CCN(C(=O)c2cc(-c3ccc(F)cc3)on2)C[C@@H]1Oc1ccc(F)cc1. The summed E-state index contributed by atoms with van der Waals surface area (Å²) in [7, 11) is 0. The molecule has 174 valence electrons. The van der Waals surface area contributed by atoms with Crippen molar-refractivity contribution in [3.8, 4) is 17.1 Å². The molecule has 1 N–H and O–H groups in total. The molecule has 1 aliphatic rings. The highest BCUT2D eigenvalue weighted by Gasteiger charge is 2.45. The number of aromatic nitrogens is 1. The number of ether oxygens (including phenoxy) is 1. The first-order valence-electron chi connectivity index (χ1n) is 10.9. The van der Waals surface area contributed by atoms with E-state index in [1.54, 1.807) is 17.0 Å². The number of halogens is 2. The van der Waals surface area contributed by atoms with Gasteiger partial charge in [0.15, 0.2) is 11.5 Å². The Morgan fingerprint density at radius 3 is 2.45 bits per heavy atom. The second kappa shape index (κ2) is 9.31. The number of piperidine rings is 1. The molecule has 1 amide bonds. The number of aliphatic hydroxyl groups is 1. The third-order valence-corrected chi connectivity index (χ3v) is 5.80. The number of hydrogen-bond acceptors (Lipinski definition) is 5. The maximum absolute atomic E-state index is 13.3. The van der Waals surface area contributed by atoms with Crippen LogP contribution in [0.4, 0.5) is 8.78 Å². The van der Waals surface area contributed by atoms with E-state index in [0.29, 0.717) is 36.5 Å². The molecular weight excluding hydrogens is 430 g/mol. The molecule has 6 nitrogen and oxygen atoms in total. The van der Waals surface area contributed by atoms with Crippen molar-refractivity contribution >= 4 is 5.91 Å². The molecule has 0 unspecified atom stereocenters. The molecule has 2 atom stereocenters. The van der Waals surface area contributed by atoms with E-state index in [2.05, 4.69) is 5.16 Å². The van der Waals surface area contributed by atoms with Gasteiger partial charge in [0.25, 0.3) is 5.91 Å². The third kappa shape index (κ3) is 5.22. The lowest BCUT2D eigenvalue weighted by Gasteiger charge is -2.44. The fourth-order valence-electron chi connectivity index (χ4n) is 4.19. The van der Waals surface area contributed by atoms with Crippen molar-refractivity contribution in [3.63, 3.8) is 0 Å². The van der Waals surface area contributed by atoms with Gasteiger partial charge in [0.05, 0.1) is 6.54 Å². The molecule has 0 spiro atoms. The Labute approximate surface area is 190 Å². The summed E-state index contributed by atoms with van der Waals surface area (Å²) < 4.78 is 37.8. The second-order valence-electron chi connectivity index (χ2n) is 8.85. The smallest absolute Gasteiger partial charge is 0.276 e. The fourth-order valence-corrected chi connectivity index (χ4v) is 4.19. The molecule has 1 aliphatic heterocycles. The van der Waals surface area contributed by atoms with Gasteiger partial charge in [-0.2, -0.15) is 0 Å². The Morgan fingerprint density at radius 2 is 1.82 bits per heavy atom. The Kier molecular flexibility index (Phi) is 6.47. The summed E-state index contributed by atoms with van der Waals surface area (Å²) >= 11 is 0. The predicted molar refractivity (Wildman–Crippen MR) is 118 cm³/mol. The molecule has 2 heterocycles. The predicted octanol–water partition coefficient (Wildman–Crippen LogP) is 4.69. The summed E-state index contributed by atoms with van der Waals surface area (Å²) in [5.74, 6) is -0.132. The van der Waals surface area contributed by atoms with Gasteiger partial charge < -0.3 is 19.3 Å². The standard InChI is InChI=1S/C25H26F2N2O4/c1-16(2)14-25(31)11-12-29(15-23(25)32-20-9-7-19(27)8-10-20)24(30)21-13-22(33-28-21)17-3-5-18(26)6-4-17/h3-10,13,16,23,31H,11-12,14-15H2,1-2H3/t23-,25+/m0/s1. The van der Waals surface area contributed by atoms with Crippen LogP contribution >= 0.6 is 0 Å². The number of nitrogens with zero attached hydrogens (tertiary/aromatic N) is 2. The number of carbonyl (C=O) groups is 1. The molecular formula is C25H26F2N2O4. The van der Waals surface area contributed by atoms with Crippen molar-refractivity contribution < 1.29 is 27.9 Å². The molecule has 0 saturated carbocycles. The molecule has 0 radical (unpaired) electrons. The number of likely N-dealkylation sites (tertiary alicyclic amines) is 1. The van der Waals surface area contributed by atoms with Gasteiger partial charge in [-0.05, 0) is 67.3 Å². The molecule has 1 fully saturated rings. The highest BCUT2D eigenvalue weighted by molar-refractivity contribution is 5.93. The van der Waals surface area contributed by atoms with Crippen LogP contribution in [-0.4, -0.2) is 45.9 Å². The first kappa shape index (κ1) is 22.9. The molecule has 0 aliphatic carbocycles. The van der Waals surface area contributed by atoms with Crippen LogP contribution in [-0.2, 0) is 0 Å². The minimum Gasteiger partial charge on any atom is -0.486 e. The van der Waals surface area contributed by atoms with E-state index in [4.69, 9.17) is 9.26 Å². The zero-order valence-electron chi connectivity index (χ0n) is 18.5. The first-order chi connectivity index (χ1) is 15.7. The zero-order valence-corrected chi connectivity index (χ0v) is 18.5. The van der Waals surface area contributed by atoms with E-state index in [9.17, 15) is 18.7 Å². The van der Waals surface area contributed by atoms with Crippen LogP contribution in [0.3, 0.4) is 0 Å². The summed E-state index contributed by atoms with van der Waals surface area (Å²) in [4.78, 5) is 14.7. The maximum atomic E-state index is 13.3. The van der Waals surface area contributed by atoms with Crippen LogP contribution in [0, 0.1) is 17.6 Å². The summed E-state index contributed by atoms with van der Waals surface area (Å²) in [6.45, 7) is 4.48. The average molecular weight is 456 g/mol. The summed E-state index contributed by atoms with van der Waals surface area (Å²) in [5, 5.41) is 15.2. The van der Waals surface area contributed by atoms with Crippen LogP contribution in [0.5, 0.6) is 5.75 Å². The average Bonchev–Trinajstić information content (AvgIpc) is 3.26. The number of rotatable bonds is 6. The van der Waals surface area contributed by atoms with Crippen molar-refractivity contribution in [1.82, 2.24) is 10.1 Å². The lowest BCUT2D eigenvalue weighted by molar-refractivity contribution is -0.111. The number of hydrogen-bond donors (Lipinski definition) is 1. The maximum Gasteiger partial charge on any atom is 0.276 e. The highest BCUT2D eigenvalue weighted by atomic mass is 19.1. The second-order valence-corrected chi connectivity index (χ2v) is 8.85. The number of benzene rings is 2. The first-order valence-corrected chi connectivity index (χ1v) is 10.9. The van der Waals surface area contributed by atoms with Gasteiger partial charge in [0.1, 0.15) is 29.1 Å². The van der Waals surface area contributed by atoms with Crippen molar-refractivity contribution in [2.75, 3.05) is 13.1 Å². The molecule has 2 aromatic carbocycles. The van der Waals surface area contributed by atoms with Crippen LogP contribution < -0.4 is 4.74 Å². The van der Waals surface area contributed by atoms with Gasteiger partial charge in [-0.25, -0.2) is 8.78 Å².